The quantitative estimate of drug-likeness (QED) is 0.446. The van der Waals surface area contributed by atoms with E-state index in [4.69, 9.17) is 11.6 Å². The van der Waals surface area contributed by atoms with Crippen LogP contribution in [0.2, 0.25) is 0 Å². The smallest absolute Gasteiger partial charge is 0.0393 e. The van der Waals surface area contributed by atoms with Crippen LogP contribution in [0.5, 0.6) is 0 Å². The van der Waals surface area contributed by atoms with Crippen molar-refractivity contribution in [1.29, 1.82) is 0 Å². The standard InChI is InChI=1S/C10H17Cl/c1-5-9(2)7-6-8-10(3,4)11/h5,7H,1,6,8H2,2-4H3/b9-7-. The van der Waals surface area contributed by atoms with Gasteiger partial charge >= 0.3 is 0 Å². The Morgan fingerprint density at radius 2 is 2.09 bits per heavy atom. The molecule has 64 valence electrons. The van der Waals surface area contributed by atoms with Crippen molar-refractivity contribution in [3.8, 4) is 0 Å². The van der Waals surface area contributed by atoms with Gasteiger partial charge in [-0.25, -0.2) is 0 Å². The minimum atomic E-state index is -0.0715. The zero-order chi connectivity index (χ0) is 8.91. The first-order chi connectivity index (χ1) is 4.95. The summed E-state index contributed by atoms with van der Waals surface area (Å²) in [5, 5.41) is 0. The third kappa shape index (κ3) is 7.67. The molecular weight excluding hydrogens is 156 g/mol. The summed E-state index contributed by atoms with van der Waals surface area (Å²) in [6.45, 7) is 9.79. The molecule has 0 aromatic heterocycles. The molecule has 0 radical (unpaired) electrons. The van der Waals surface area contributed by atoms with Crippen molar-refractivity contribution in [3.05, 3.63) is 24.3 Å². The molecule has 0 spiro atoms. The molecule has 0 nitrogen and oxygen atoms in total. The Morgan fingerprint density at radius 3 is 2.45 bits per heavy atom. The van der Waals surface area contributed by atoms with Gasteiger partial charge < -0.3 is 0 Å². The van der Waals surface area contributed by atoms with Crippen molar-refractivity contribution in [2.45, 2.75) is 38.5 Å². The first-order valence-electron chi connectivity index (χ1n) is 3.94. The molecule has 0 atom stereocenters. The average Bonchev–Trinajstić information content (AvgIpc) is 1.85. The van der Waals surface area contributed by atoms with Crippen LogP contribution >= 0.6 is 11.6 Å². The van der Waals surface area contributed by atoms with Gasteiger partial charge in [0, 0.05) is 4.87 Å². The molecule has 0 saturated carbocycles. The topological polar surface area (TPSA) is 0 Å². The Hall–Kier alpha value is -0.230. The van der Waals surface area contributed by atoms with Crippen LogP contribution in [0.25, 0.3) is 0 Å². The van der Waals surface area contributed by atoms with Crippen molar-refractivity contribution in [3.63, 3.8) is 0 Å². The monoisotopic (exact) mass is 172 g/mol. The SMILES string of the molecule is C=C/C(C)=C\CCC(C)(C)Cl. The maximum Gasteiger partial charge on any atom is 0.0393 e. The van der Waals surface area contributed by atoms with E-state index in [1.807, 2.05) is 26.8 Å². The molecule has 0 aliphatic carbocycles. The lowest BCUT2D eigenvalue weighted by Gasteiger charge is -2.13. The Bertz CT molecular complexity index is 149. The van der Waals surface area contributed by atoms with Crippen LogP contribution in [0.3, 0.4) is 0 Å². The second-order valence-electron chi connectivity index (χ2n) is 3.41. The molecular formula is C10H17Cl. The summed E-state index contributed by atoms with van der Waals surface area (Å²) >= 11 is 6.00. The van der Waals surface area contributed by atoms with Gasteiger partial charge in [0.15, 0.2) is 0 Å². The maximum absolute atomic E-state index is 6.00. The lowest BCUT2D eigenvalue weighted by Crippen LogP contribution is -2.08. The predicted molar refractivity (Wildman–Crippen MR) is 53.1 cm³/mol. The highest BCUT2D eigenvalue weighted by Crippen LogP contribution is 2.20. The van der Waals surface area contributed by atoms with Crippen molar-refractivity contribution >= 4 is 11.6 Å². The highest BCUT2D eigenvalue weighted by atomic mass is 35.5. The van der Waals surface area contributed by atoms with Gasteiger partial charge in [-0.05, 0) is 33.6 Å². The van der Waals surface area contributed by atoms with E-state index in [-0.39, 0.29) is 4.87 Å². The first kappa shape index (κ1) is 10.8. The highest BCUT2D eigenvalue weighted by molar-refractivity contribution is 6.23. The van der Waals surface area contributed by atoms with Crippen LogP contribution in [-0.2, 0) is 0 Å². The van der Waals surface area contributed by atoms with Gasteiger partial charge in [-0.15, -0.1) is 11.6 Å². The van der Waals surface area contributed by atoms with Crippen molar-refractivity contribution in [2.24, 2.45) is 0 Å². The van der Waals surface area contributed by atoms with E-state index in [9.17, 15) is 0 Å². The second-order valence-corrected chi connectivity index (χ2v) is 4.43. The Kier molecular flexibility index (Phi) is 4.51. The molecule has 0 aliphatic heterocycles. The van der Waals surface area contributed by atoms with Gasteiger partial charge in [0.05, 0.1) is 0 Å². The fourth-order valence-electron chi connectivity index (χ4n) is 0.726. The van der Waals surface area contributed by atoms with Gasteiger partial charge in [0.2, 0.25) is 0 Å². The molecule has 0 unspecified atom stereocenters. The van der Waals surface area contributed by atoms with E-state index in [1.54, 1.807) is 0 Å². The summed E-state index contributed by atoms with van der Waals surface area (Å²) < 4.78 is 0. The number of halogens is 1. The molecule has 0 bridgehead atoms. The molecule has 0 rings (SSSR count). The van der Waals surface area contributed by atoms with Crippen molar-refractivity contribution in [1.82, 2.24) is 0 Å². The summed E-state index contributed by atoms with van der Waals surface area (Å²) in [6, 6.07) is 0. The van der Waals surface area contributed by atoms with Crippen LogP contribution in [-0.4, -0.2) is 4.87 Å². The Labute approximate surface area is 74.9 Å². The Balaban J connectivity index is 3.65. The molecule has 0 fully saturated rings. The zero-order valence-corrected chi connectivity index (χ0v) is 8.41. The number of hydrogen-bond acceptors (Lipinski definition) is 0. The van der Waals surface area contributed by atoms with Crippen LogP contribution in [0.1, 0.15) is 33.6 Å². The van der Waals surface area contributed by atoms with E-state index >= 15 is 0 Å². The van der Waals surface area contributed by atoms with Crippen molar-refractivity contribution in [2.75, 3.05) is 0 Å². The summed E-state index contributed by atoms with van der Waals surface area (Å²) in [4.78, 5) is -0.0715. The van der Waals surface area contributed by atoms with Crippen LogP contribution in [0.4, 0.5) is 0 Å². The minimum Gasteiger partial charge on any atom is -0.120 e. The fourth-order valence-corrected chi connectivity index (χ4v) is 0.836. The third-order valence-corrected chi connectivity index (χ3v) is 1.72. The summed E-state index contributed by atoms with van der Waals surface area (Å²) in [5.74, 6) is 0. The van der Waals surface area contributed by atoms with Gasteiger partial charge in [-0.3, -0.25) is 0 Å². The molecule has 0 aromatic carbocycles. The number of rotatable bonds is 4. The summed E-state index contributed by atoms with van der Waals surface area (Å²) in [5.41, 5.74) is 1.23. The van der Waals surface area contributed by atoms with Crippen LogP contribution in [0, 0.1) is 0 Å². The van der Waals surface area contributed by atoms with E-state index in [1.165, 1.54) is 5.57 Å². The van der Waals surface area contributed by atoms with E-state index in [2.05, 4.69) is 12.7 Å². The largest absolute Gasteiger partial charge is 0.120 e. The van der Waals surface area contributed by atoms with Gasteiger partial charge in [-0.2, -0.15) is 0 Å². The average molecular weight is 173 g/mol. The van der Waals surface area contributed by atoms with Crippen LogP contribution in [0.15, 0.2) is 24.3 Å². The molecule has 1 heteroatoms. The molecule has 11 heavy (non-hydrogen) atoms. The zero-order valence-electron chi connectivity index (χ0n) is 7.65. The second kappa shape index (κ2) is 4.61. The summed E-state index contributed by atoms with van der Waals surface area (Å²) in [6.07, 6.45) is 6.08. The van der Waals surface area contributed by atoms with Gasteiger partial charge in [-0.1, -0.05) is 24.3 Å². The normalized spacial score (nSPS) is 13.3. The lowest BCUT2D eigenvalue weighted by molar-refractivity contribution is 0.635. The van der Waals surface area contributed by atoms with Crippen LogP contribution < -0.4 is 0 Å². The maximum atomic E-state index is 6.00. The van der Waals surface area contributed by atoms with Gasteiger partial charge in [0.1, 0.15) is 0 Å². The third-order valence-electron chi connectivity index (χ3n) is 1.53. The number of alkyl halides is 1. The molecule has 0 N–H and O–H groups in total. The lowest BCUT2D eigenvalue weighted by atomic mass is 10.1. The van der Waals surface area contributed by atoms with Crippen molar-refractivity contribution < 1.29 is 0 Å². The number of allylic oxidation sites excluding steroid dienone is 3. The molecule has 0 aliphatic rings. The fraction of sp³-hybridized carbons (Fsp3) is 0.600. The molecule has 0 aromatic rings. The van der Waals surface area contributed by atoms with E-state index in [0.29, 0.717) is 0 Å². The molecule has 0 heterocycles. The first-order valence-corrected chi connectivity index (χ1v) is 4.31. The molecule has 0 amide bonds. The van der Waals surface area contributed by atoms with Gasteiger partial charge in [0.25, 0.3) is 0 Å². The predicted octanol–water partition coefficient (Wildman–Crippen LogP) is 3.92. The van der Waals surface area contributed by atoms with E-state index in [0.717, 1.165) is 12.8 Å². The van der Waals surface area contributed by atoms with E-state index < -0.39 is 0 Å². The highest BCUT2D eigenvalue weighted by Gasteiger charge is 2.10. The molecule has 0 saturated heterocycles. The summed E-state index contributed by atoms with van der Waals surface area (Å²) in [7, 11) is 0. The Morgan fingerprint density at radius 1 is 1.55 bits per heavy atom. The number of hydrogen-bond donors (Lipinski definition) is 0. The minimum absolute atomic E-state index is 0.0715.